The van der Waals surface area contributed by atoms with Crippen LogP contribution in [0.1, 0.15) is 47.7 Å². The summed E-state index contributed by atoms with van der Waals surface area (Å²) >= 11 is 0. The van der Waals surface area contributed by atoms with Gasteiger partial charge >= 0.3 is 0 Å². The summed E-state index contributed by atoms with van der Waals surface area (Å²) in [6.07, 6.45) is 5.00. The molecule has 29 heavy (non-hydrogen) atoms. The number of rotatable bonds is 4. The van der Waals surface area contributed by atoms with Crippen molar-refractivity contribution in [2.75, 3.05) is 6.54 Å². The zero-order valence-corrected chi connectivity index (χ0v) is 16.1. The first-order valence-electron chi connectivity index (χ1n) is 9.71. The highest BCUT2D eigenvalue weighted by atomic mass is 16.6. The van der Waals surface area contributed by atoms with Gasteiger partial charge in [-0.2, -0.15) is 0 Å². The number of Topliss-reactive ketones (excluding diaryl/α,β-unsaturated/α-hetero) is 1. The number of phenols is 1. The van der Waals surface area contributed by atoms with Crippen molar-refractivity contribution in [2.45, 2.75) is 38.8 Å². The van der Waals surface area contributed by atoms with E-state index in [-0.39, 0.29) is 23.0 Å². The van der Waals surface area contributed by atoms with E-state index in [1.807, 2.05) is 0 Å². The second kappa shape index (κ2) is 7.67. The van der Waals surface area contributed by atoms with E-state index in [0.29, 0.717) is 35.0 Å². The van der Waals surface area contributed by atoms with Crippen molar-refractivity contribution in [3.8, 4) is 11.5 Å². The number of phenolic OH excluding ortho intramolecular Hbond substituents is 1. The number of piperidine rings is 1. The van der Waals surface area contributed by atoms with Crippen LogP contribution in [0.4, 0.5) is 5.69 Å². The molecular weight excluding hydrogens is 372 g/mol. The standard InChI is InChI=1S/C22H22N2O5/c1-14-4-2-3-11-23(14)13-18-19(25)10-9-17-21(26)20(29-22(17)18)12-15-5-7-16(8-6-15)24(27)28/h5-10,12,14,25H,2-4,11,13H2,1H3/b20-12-/t14-/m0/s1. The number of nitrogens with zero attached hydrogens (tertiary/aromatic N) is 2. The normalized spacial score (nSPS) is 20.5. The van der Waals surface area contributed by atoms with Crippen LogP contribution in [0, 0.1) is 10.1 Å². The maximum absolute atomic E-state index is 12.8. The van der Waals surface area contributed by atoms with E-state index in [1.165, 1.54) is 18.6 Å². The molecule has 2 heterocycles. The molecule has 0 spiro atoms. The van der Waals surface area contributed by atoms with E-state index in [2.05, 4.69) is 11.8 Å². The first-order chi connectivity index (χ1) is 13.9. The van der Waals surface area contributed by atoms with Gasteiger partial charge in [-0.15, -0.1) is 0 Å². The lowest BCUT2D eigenvalue weighted by Crippen LogP contribution is -2.36. The number of benzene rings is 2. The lowest BCUT2D eigenvalue weighted by atomic mass is 10.0. The number of likely N-dealkylation sites (tertiary alicyclic amines) is 1. The third-order valence-corrected chi connectivity index (χ3v) is 5.62. The van der Waals surface area contributed by atoms with Crippen molar-refractivity contribution < 1.29 is 19.6 Å². The molecule has 0 aliphatic carbocycles. The largest absolute Gasteiger partial charge is 0.507 e. The van der Waals surface area contributed by atoms with E-state index in [9.17, 15) is 20.0 Å². The summed E-state index contributed by atoms with van der Waals surface area (Å²) in [7, 11) is 0. The smallest absolute Gasteiger partial charge is 0.269 e. The third-order valence-electron chi connectivity index (χ3n) is 5.62. The van der Waals surface area contributed by atoms with Crippen molar-refractivity contribution in [1.29, 1.82) is 0 Å². The number of ketones is 1. The summed E-state index contributed by atoms with van der Waals surface area (Å²) in [5, 5.41) is 21.2. The molecule has 1 N–H and O–H groups in total. The molecule has 2 aromatic rings. The van der Waals surface area contributed by atoms with Gasteiger partial charge in [0.2, 0.25) is 5.78 Å². The Morgan fingerprint density at radius 3 is 2.69 bits per heavy atom. The molecule has 7 heteroatoms. The Labute approximate surface area is 168 Å². The summed E-state index contributed by atoms with van der Waals surface area (Å²) in [4.78, 5) is 25.4. The number of nitro benzene ring substituents is 1. The number of ether oxygens (including phenoxy) is 1. The molecule has 1 atom stereocenters. The topological polar surface area (TPSA) is 92.9 Å². The predicted octanol–water partition coefficient (Wildman–Crippen LogP) is 4.29. The zero-order chi connectivity index (χ0) is 20.5. The molecule has 0 amide bonds. The maximum atomic E-state index is 12.8. The van der Waals surface area contributed by atoms with Gasteiger partial charge in [-0.1, -0.05) is 6.42 Å². The Kier molecular flexibility index (Phi) is 5.07. The molecule has 1 fully saturated rings. The number of carbonyl (C=O) groups excluding carboxylic acids is 1. The minimum atomic E-state index is -0.472. The number of aromatic hydroxyl groups is 1. The molecule has 2 aliphatic rings. The average Bonchev–Trinajstić information content (AvgIpc) is 3.02. The number of non-ortho nitro benzene ring substituents is 1. The Balaban J connectivity index is 1.63. The molecule has 2 aliphatic heterocycles. The van der Waals surface area contributed by atoms with Gasteiger partial charge in [0.1, 0.15) is 11.5 Å². The fraction of sp³-hybridized carbons (Fsp3) is 0.318. The van der Waals surface area contributed by atoms with Crippen LogP contribution >= 0.6 is 0 Å². The zero-order valence-electron chi connectivity index (χ0n) is 16.1. The SMILES string of the molecule is C[C@H]1CCCCN1Cc1c(O)ccc2c1O/C(=C\c1ccc([N+](=O)[O-])cc1)C2=O. The van der Waals surface area contributed by atoms with Gasteiger partial charge in [0, 0.05) is 24.7 Å². The van der Waals surface area contributed by atoms with Crippen molar-refractivity contribution in [1.82, 2.24) is 4.90 Å². The molecule has 150 valence electrons. The molecule has 7 nitrogen and oxygen atoms in total. The summed E-state index contributed by atoms with van der Waals surface area (Å²) < 4.78 is 5.88. The van der Waals surface area contributed by atoms with Crippen LogP contribution in [0.15, 0.2) is 42.2 Å². The van der Waals surface area contributed by atoms with Gasteiger partial charge in [-0.05, 0) is 62.2 Å². The minimum Gasteiger partial charge on any atom is -0.507 e. The lowest BCUT2D eigenvalue weighted by molar-refractivity contribution is -0.384. The van der Waals surface area contributed by atoms with Gasteiger partial charge in [-0.3, -0.25) is 19.8 Å². The van der Waals surface area contributed by atoms with Crippen LogP contribution in [0.3, 0.4) is 0 Å². The first kappa shape index (κ1) is 19.1. The molecule has 4 rings (SSSR count). The number of carbonyl (C=O) groups is 1. The molecular formula is C22H22N2O5. The van der Waals surface area contributed by atoms with Crippen LogP contribution in [0.25, 0.3) is 6.08 Å². The summed E-state index contributed by atoms with van der Waals surface area (Å²) in [6.45, 7) is 3.64. The maximum Gasteiger partial charge on any atom is 0.269 e. The van der Waals surface area contributed by atoms with Crippen molar-refractivity contribution in [3.63, 3.8) is 0 Å². The summed E-state index contributed by atoms with van der Waals surface area (Å²) in [6, 6.07) is 9.43. The van der Waals surface area contributed by atoms with Crippen LogP contribution in [0.2, 0.25) is 0 Å². The van der Waals surface area contributed by atoms with Gasteiger partial charge in [0.05, 0.1) is 16.1 Å². The van der Waals surface area contributed by atoms with Gasteiger partial charge in [0.15, 0.2) is 5.76 Å². The van der Waals surface area contributed by atoms with E-state index >= 15 is 0 Å². The van der Waals surface area contributed by atoms with Crippen molar-refractivity contribution in [2.24, 2.45) is 0 Å². The number of fused-ring (bicyclic) bond motifs is 1. The predicted molar refractivity (Wildman–Crippen MR) is 108 cm³/mol. The van der Waals surface area contributed by atoms with E-state index in [0.717, 1.165) is 19.4 Å². The Bertz CT molecular complexity index is 997. The number of hydrogen-bond donors (Lipinski definition) is 1. The van der Waals surface area contributed by atoms with Crippen LogP contribution in [0.5, 0.6) is 11.5 Å². The fourth-order valence-corrected chi connectivity index (χ4v) is 3.89. The molecule has 0 aromatic heterocycles. The Hall–Kier alpha value is -3.19. The quantitative estimate of drug-likeness (QED) is 0.472. The van der Waals surface area contributed by atoms with E-state index < -0.39 is 4.92 Å². The minimum absolute atomic E-state index is 0.0167. The highest BCUT2D eigenvalue weighted by molar-refractivity contribution is 6.15. The van der Waals surface area contributed by atoms with Gasteiger partial charge in [-0.25, -0.2) is 0 Å². The number of hydrogen-bond acceptors (Lipinski definition) is 6. The van der Waals surface area contributed by atoms with Crippen LogP contribution in [-0.2, 0) is 6.54 Å². The molecule has 1 saturated heterocycles. The Morgan fingerprint density at radius 1 is 1.24 bits per heavy atom. The van der Waals surface area contributed by atoms with E-state index in [4.69, 9.17) is 4.74 Å². The van der Waals surface area contributed by atoms with Gasteiger partial charge < -0.3 is 9.84 Å². The summed E-state index contributed by atoms with van der Waals surface area (Å²) in [5.41, 5.74) is 1.66. The molecule has 0 radical (unpaired) electrons. The number of allylic oxidation sites excluding steroid dienone is 1. The molecule has 0 bridgehead atoms. The first-order valence-corrected chi connectivity index (χ1v) is 9.71. The molecule has 0 unspecified atom stereocenters. The number of nitro groups is 1. The highest BCUT2D eigenvalue weighted by Gasteiger charge is 2.32. The second-order valence-corrected chi connectivity index (χ2v) is 7.54. The van der Waals surface area contributed by atoms with Crippen LogP contribution in [-0.4, -0.2) is 33.3 Å². The van der Waals surface area contributed by atoms with Crippen LogP contribution < -0.4 is 4.74 Å². The third kappa shape index (κ3) is 3.73. The average molecular weight is 394 g/mol. The summed E-state index contributed by atoms with van der Waals surface area (Å²) in [5.74, 6) is 0.408. The molecule has 0 saturated carbocycles. The fourth-order valence-electron chi connectivity index (χ4n) is 3.89. The Morgan fingerprint density at radius 2 is 2.00 bits per heavy atom. The van der Waals surface area contributed by atoms with Gasteiger partial charge in [0.25, 0.3) is 5.69 Å². The lowest BCUT2D eigenvalue weighted by Gasteiger charge is -2.33. The second-order valence-electron chi connectivity index (χ2n) is 7.54. The monoisotopic (exact) mass is 394 g/mol. The highest BCUT2D eigenvalue weighted by Crippen LogP contribution is 2.40. The van der Waals surface area contributed by atoms with Crippen molar-refractivity contribution >= 4 is 17.5 Å². The van der Waals surface area contributed by atoms with Crippen molar-refractivity contribution in [3.05, 3.63) is 69.0 Å². The van der Waals surface area contributed by atoms with E-state index in [1.54, 1.807) is 30.3 Å². The molecule has 2 aromatic carbocycles.